The van der Waals surface area contributed by atoms with Gasteiger partial charge in [-0.3, -0.25) is 0 Å². The smallest absolute Gasteiger partial charge is 0.157 e. The molecule has 104 valence electrons. The van der Waals surface area contributed by atoms with Crippen molar-refractivity contribution in [3.05, 3.63) is 44.6 Å². The SMILES string of the molecule is Cc1cc2c(s1)[C@@H]1c3cc(O)c(O)cc3CC[C@H]1NC2. The summed E-state index contributed by atoms with van der Waals surface area (Å²) in [6, 6.07) is 6.19. The number of rotatable bonds is 0. The zero-order chi connectivity index (χ0) is 13.9. The third-order valence-corrected chi connectivity index (χ3v) is 5.68. The summed E-state index contributed by atoms with van der Waals surface area (Å²) in [5, 5.41) is 23.2. The van der Waals surface area contributed by atoms with Gasteiger partial charge in [-0.05, 0) is 54.7 Å². The van der Waals surface area contributed by atoms with Crippen LogP contribution in [0.15, 0.2) is 18.2 Å². The van der Waals surface area contributed by atoms with Gasteiger partial charge in [-0.25, -0.2) is 0 Å². The van der Waals surface area contributed by atoms with Crippen molar-refractivity contribution < 1.29 is 10.2 Å². The van der Waals surface area contributed by atoms with Crippen molar-refractivity contribution in [3.63, 3.8) is 0 Å². The maximum Gasteiger partial charge on any atom is 0.157 e. The van der Waals surface area contributed by atoms with E-state index in [1.807, 2.05) is 11.3 Å². The predicted octanol–water partition coefficient (Wildman–Crippen LogP) is 3.02. The highest BCUT2D eigenvalue weighted by atomic mass is 32.1. The topological polar surface area (TPSA) is 52.5 Å². The molecule has 0 fully saturated rings. The normalized spacial score (nSPS) is 23.9. The second-order valence-electron chi connectivity index (χ2n) is 5.79. The summed E-state index contributed by atoms with van der Waals surface area (Å²) in [7, 11) is 0. The second kappa shape index (κ2) is 4.24. The molecule has 4 heteroatoms. The van der Waals surface area contributed by atoms with Crippen LogP contribution in [-0.4, -0.2) is 16.3 Å². The Morgan fingerprint density at radius 3 is 2.80 bits per heavy atom. The van der Waals surface area contributed by atoms with Crippen molar-refractivity contribution >= 4 is 11.3 Å². The van der Waals surface area contributed by atoms with Gasteiger partial charge >= 0.3 is 0 Å². The minimum absolute atomic E-state index is 0.00597. The molecule has 1 aliphatic heterocycles. The summed E-state index contributed by atoms with van der Waals surface area (Å²) < 4.78 is 0. The van der Waals surface area contributed by atoms with Gasteiger partial charge in [0.05, 0.1) is 0 Å². The van der Waals surface area contributed by atoms with Crippen molar-refractivity contribution in [1.82, 2.24) is 5.32 Å². The molecule has 2 atom stereocenters. The van der Waals surface area contributed by atoms with E-state index in [4.69, 9.17) is 0 Å². The van der Waals surface area contributed by atoms with Crippen LogP contribution in [0.3, 0.4) is 0 Å². The quantitative estimate of drug-likeness (QED) is 0.653. The molecule has 1 aromatic heterocycles. The lowest BCUT2D eigenvalue weighted by Crippen LogP contribution is -2.41. The zero-order valence-corrected chi connectivity index (χ0v) is 12.1. The first-order chi connectivity index (χ1) is 9.63. The third kappa shape index (κ3) is 1.68. The number of fused-ring (bicyclic) bond motifs is 5. The van der Waals surface area contributed by atoms with Gasteiger partial charge in [-0.15, -0.1) is 11.3 Å². The average Bonchev–Trinajstić information content (AvgIpc) is 2.80. The van der Waals surface area contributed by atoms with E-state index in [-0.39, 0.29) is 11.5 Å². The molecule has 3 nitrogen and oxygen atoms in total. The molecule has 0 saturated carbocycles. The molecule has 2 aromatic rings. The van der Waals surface area contributed by atoms with Crippen LogP contribution in [0.5, 0.6) is 11.5 Å². The van der Waals surface area contributed by atoms with Crippen molar-refractivity contribution in [2.75, 3.05) is 0 Å². The second-order valence-corrected chi connectivity index (χ2v) is 7.08. The summed E-state index contributed by atoms with van der Waals surface area (Å²) >= 11 is 1.87. The Hall–Kier alpha value is -1.52. The van der Waals surface area contributed by atoms with Crippen molar-refractivity contribution in [2.45, 2.75) is 38.3 Å². The fraction of sp³-hybridized carbons (Fsp3) is 0.375. The molecule has 2 heterocycles. The molecule has 2 aliphatic rings. The lowest BCUT2D eigenvalue weighted by molar-refractivity contribution is 0.383. The van der Waals surface area contributed by atoms with Crippen LogP contribution in [0.1, 0.15) is 38.8 Å². The zero-order valence-electron chi connectivity index (χ0n) is 11.3. The van der Waals surface area contributed by atoms with E-state index in [1.165, 1.54) is 26.4 Å². The molecule has 1 aliphatic carbocycles. The average molecular weight is 287 g/mol. The Bertz CT molecular complexity index is 692. The number of nitrogens with one attached hydrogen (secondary N) is 1. The summed E-state index contributed by atoms with van der Waals surface area (Å²) in [5.41, 5.74) is 3.73. The summed E-state index contributed by atoms with van der Waals surface area (Å²) in [6.45, 7) is 3.09. The van der Waals surface area contributed by atoms with E-state index in [0.717, 1.165) is 19.4 Å². The van der Waals surface area contributed by atoms with Gasteiger partial charge in [-0.1, -0.05) is 0 Å². The molecule has 0 unspecified atom stereocenters. The summed E-state index contributed by atoms with van der Waals surface area (Å²) in [6.07, 6.45) is 2.04. The molecule has 3 N–H and O–H groups in total. The van der Waals surface area contributed by atoms with Crippen molar-refractivity contribution in [1.29, 1.82) is 0 Å². The Morgan fingerprint density at radius 2 is 1.95 bits per heavy atom. The number of hydrogen-bond donors (Lipinski definition) is 3. The Morgan fingerprint density at radius 1 is 1.15 bits per heavy atom. The number of benzene rings is 1. The van der Waals surface area contributed by atoms with Gasteiger partial charge in [0.25, 0.3) is 0 Å². The van der Waals surface area contributed by atoms with E-state index in [1.54, 1.807) is 12.1 Å². The van der Waals surface area contributed by atoms with Crippen LogP contribution in [0.25, 0.3) is 0 Å². The van der Waals surface area contributed by atoms with E-state index in [0.29, 0.717) is 12.0 Å². The molecule has 4 rings (SSSR count). The van der Waals surface area contributed by atoms with Crippen LogP contribution in [0, 0.1) is 6.92 Å². The van der Waals surface area contributed by atoms with Gasteiger partial charge in [0.2, 0.25) is 0 Å². The molecule has 0 bridgehead atoms. The minimum Gasteiger partial charge on any atom is -0.504 e. The third-order valence-electron chi connectivity index (χ3n) is 4.50. The lowest BCUT2D eigenvalue weighted by Gasteiger charge is -2.38. The predicted molar refractivity (Wildman–Crippen MR) is 79.6 cm³/mol. The summed E-state index contributed by atoms with van der Waals surface area (Å²) in [4.78, 5) is 2.77. The molecule has 0 saturated heterocycles. The van der Waals surface area contributed by atoms with Gasteiger partial charge in [-0.2, -0.15) is 0 Å². The van der Waals surface area contributed by atoms with Gasteiger partial charge in [0.15, 0.2) is 11.5 Å². The number of thiophene rings is 1. The largest absolute Gasteiger partial charge is 0.504 e. The van der Waals surface area contributed by atoms with Crippen LogP contribution in [-0.2, 0) is 13.0 Å². The fourth-order valence-electron chi connectivity index (χ4n) is 3.61. The first-order valence-corrected chi connectivity index (χ1v) is 7.82. The molecule has 0 amide bonds. The van der Waals surface area contributed by atoms with Crippen LogP contribution in [0.2, 0.25) is 0 Å². The van der Waals surface area contributed by atoms with Gasteiger partial charge in [0, 0.05) is 28.3 Å². The van der Waals surface area contributed by atoms with Crippen LogP contribution >= 0.6 is 11.3 Å². The van der Waals surface area contributed by atoms with E-state index >= 15 is 0 Å². The molecular weight excluding hydrogens is 270 g/mol. The van der Waals surface area contributed by atoms with Gasteiger partial charge in [0.1, 0.15) is 0 Å². The highest BCUT2D eigenvalue weighted by molar-refractivity contribution is 7.12. The van der Waals surface area contributed by atoms with Crippen LogP contribution < -0.4 is 5.32 Å². The van der Waals surface area contributed by atoms with Crippen molar-refractivity contribution in [3.8, 4) is 11.5 Å². The number of aromatic hydroxyl groups is 2. The lowest BCUT2D eigenvalue weighted by atomic mass is 9.75. The van der Waals surface area contributed by atoms with Gasteiger partial charge < -0.3 is 15.5 Å². The highest BCUT2D eigenvalue weighted by Gasteiger charge is 2.36. The van der Waals surface area contributed by atoms with E-state index < -0.39 is 0 Å². The Balaban J connectivity index is 1.91. The molecule has 1 aromatic carbocycles. The molecule has 0 spiro atoms. The monoisotopic (exact) mass is 287 g/mol. The standard InChI is InChI=1S/C16H17NO2S/c1-8-4-10-7-17-12-3-2-9-5-13(18)14(19)6-11(9)15(12)16(10)20-8/h4-6,12,15,17-19H,2-3,7H2,1H3/t12-,15-/m1/s1. The summed E-state index contributed by atoms with van der Waals surface area (Å²) in [5.74, 6) is 0.297. The number of hydrogen-bond acceptors (Lipinski definition) is 4. The minimum atomic E-state index is -0.00944. The first-order valence-electron chi connectivity index (χ1n) is 7.01. The number of phenols is 2. The number of phenolic OH excluding ortho intramolecular Hbond substituents is 2. The Labute approximate surface area is 121 Å². The highest BCUT2D eigenvalue weighted by Crippen LogP contribution is 2.46. The number of aryl methyl sites for hydroxylation is 2. The van der Waals surface area contributed by atoms with Crippen LogP contribution in [0.4, 0.5) is 0 Å². The van der Waals surface area contributed by atoms with E-state index in [2.05, 4.69) is 18.3 Å². The maximum atomic E-state index is 9.85. The molecule has 0 radical (unpaired) electrons. The van der Waals surface area contributed by atoms with E-state index in [9.17, 15) is 10.2 Å². The fourth-order valence-corrected chi connectivity index (χ4v) is 4.84. The first kappa shape index (κ1) is 12.2. The maximum absolute atomic E-state index is 9.85. The molecular formula is C16H17NO2S. The Kier molecular flexibility index (Phi) is 2.59. The molecule has 20 heavy (non-hydrogen) atoms. The van der Waals surface area contributed by atoms with Crippen molar-refractivity contribution in [2.24, 2.45) is 0 Å².